The zero-order chi connectivity index (χ0) is 14.4. The van der Waals surface area contributed by atoms with Crippen LogP contribution in [0.15, 0.2) is 12.1 Å². The average Bonchev–Trinajstić information content (AvgIpc) is 3.15. The van der Waals surface area contributed by atoms with Crippen LogP contribution in [-0.2, 0) is 9.59 Å². The lowest BCUT2D eigenvalue weighted by Crippen LogP contribution is -2.36. The molecule has 1 N–H and O–H groups in total. The minimum atomic E-state index is -1.30. The van der Waals surface area contributed by atoms with Gasteiger partial charge < -0.3 is 5.32 Å². The summed E-state index contributed by atoms with van der Waals surface area (Å²) in [6.07, 6.45) is 1.46. The molecule has 3 rings (SSSR count). The summed E-state index contributed by atoms with van der Waals surface area (Å²) in [5.41, 5.74) is -0.326. The van der Waals surface area contributed by atoms with Crippen LogP contribution in [0.5, 0.6) is 0 Å². The van der Waals surface area contributed by atoms with Gasteiger partial charge in [0.2, 0.25) is 5.91 Å². The molecule has 0 aromatic heterocycles. The molecule has 1 unspecified atom stereocenters. The van der Waals surface area contributed by atoms with E-state index in [1.807, 2.05) is 0 Å². The van der Waals surface area contributed by atoms with Crippen LogP contribution < -0.4 is 5.32 Å². The second-order valence-corrected chi connectivity index (χ2v) is 4.98. The maximum Gasteiger partial charge on any atom is 0.252 e. The van der Waals surface area contributed by atoms with E-state index < -0.39 is 29.4 Å². The molecule has 1 aromatic carbocycles. The van der Waals surface area contributed by atoms with Gasteiger partial charge in [0.25, 0.3) is 5.91 Å². The number of nitrogens with zero attached hydrogens (tertiary/aromatic N) is 1. The fourth-order valence-corrected chi connectivity index (χ4v) is 2.30. The van der Waals surface area contributed by atoms with Crippen molar-refractivity contribution in [2.75, 3.05) is 5.32 Å². The van der Waals surface area contributed by atoms with Crippen LogP contribution in [0.25, 0.3) is 0 Å². The van der Waals surface area contributed by atoms with E-state index in [-0.39, 0.29) is 24.1 Å². The number of likely N-dealkylation sites (tertiary alicyclic amines) is 1. The molecule has 1 saturated carbocycles. The van der Waals surface area contributed by atoms with Crippen molar-refractivity contribution in [1.29, 1.82) is 0 Å². The first-order valence-electron chi connectivity index (χ1n) is 6.24. The molecule has 0 spiro atoms. The number of amides is 2. The summed E-state index contributed by atoms with van der Waals surface area (Å²) < 4.78 is 39.4. The maximum absolute atomic E-state index is 13.5. The van der Waals surface area contributed by atoms with E-state index in [4.69, 9.17) is 0 Å². The second-order valence-electron chi connectivity index (χ2n) is 4.98. The van der Waals surface area contributed by atoms with Gasteiger partial charge in [-0.1, -0.05) is 0 Å². The van der Waals surface area contributed by atoms with Crippen LogP contribution in [0.4, 0.5) is 18.9 Å². The third-order valence-electron chi connectivity index (χ3n) is 3.43. The van der Waals surface area contributed by atoms with Crippen molar-refractivity contribution < 1.29 is 22.8 Å². The number of carbonyl (C=O) groups excluding carboxylic acids is 2. The van der Waals surface area contributed by atoms with Gasteiger partial charge in [0.05, 0.1) is 12.1 Å². The van der Waals surface area contributed by atoms with Crippen LogP contribution in [0.1, 0.15) is 19.3 Å². The van der Waals surface area contributed by atoms with Crippen molar-refractivity contribution in [3.05, 3.63) is 29.6 Å². The lowest BCUT2D eigenvalue weighted by Gasteiger charge is -2.15. The molecule has 0 bridgehead atoms. The first-order chi connectivity index (χ1) is 9.47. The molecule has 1 aromatic rings. The highest BCUT2D eigenvalue weighted by atomic mass is 19.2. The summed E-state index contributed by atoms with van der Waals surface area (Å²) in [7, 11) is 0. The van der Waals surface area contributed by atoms with E-state index in [0.29, 0.717) is 12.1 Å². The summed E-state index contributed by atoms with van der Waals surface area (Å²) in [5.74, 6) is -4.29. The molecule has 2 aliphatic rings. The Morgan fingerprint density at radius 2 is 1.70 bits per heavy atom. The van der Waals surface area contributed by atoms with Crippen LogP contribution in [0, 0.1) is 17.5 Å². The number of benzene rings is 1. The lowest BCUT2D eigenvalue weighted by atomic mass is 10.2. The minimum absolute atomic E-state index is 0.0587. The average molecular weight is 284 g/mol. The Morgan fingerprint density at radius 1 is 1.05 bits per heavy atom. The quantitative estimate of drug-likeness (QED) is 0.680. The molecule has 106 valence electrons. The molecule has 4 nitrogen and oxygen atoms in total. The molecule has 2 fully saturated rings. The standard InChI is InChI=1S/C13H11F3N2O2/c14-7-3-9(16)10(4-8(7)15)17-11-5-12(19)18(13(11)20)6-1-2-6/h3-4,6,11,17H,1-2,5H2. The van der Waals surface area contributed by atoms with Crippen LogP contribution in [-0.4, -0.2) is 28.8 Å². The Hall–Kier alpha value is -2.05. The summed E-state index contributed by atoms with van der Waals surface area (Å²) in [6.45, 7) is 0. The molecule has 0 radical (unpaired) electrons. The lowest BCUT2D eigenvalue weighted by molar-refractivity contribution is -0.139. The van der Waals surface area contributed by atoms with Crippen molar-refractivity contribution in [3.63, 3.8) is 0 Å². The molecule has 1 heterocycles. The predicted octanol–water partition coefficient (Wildman–Crippen LogP) is 1.81. The Kier molecular flexibility index (Phi) is 2.92. The monoisotopic (exact) mass is 284 g/mol. The number of rotatable bonds is 3. The van der Waals surface area contributed by atoms with E-state index in [2.05, 4.69) is 5.32 Å². The molecule has 7 heteroatoms. The van der Waals surface area contributed by atoms with E-state index in [1.54, 1.807) is 0 Å². The Labute approximate surface area is 112 Å². The van der Waals surface area contributed by atoms with Gasteiger partial charge in [-0.25, -0.2) is 13.2 Å². The van der Waals surface area contributed by atoms with Crippen molar-refractivity contribution in [3.8, 4) is 0 Å². The maximum atomic E-state index is 13.5. The van der Waals surface area contributed by atoms with E-state index in [9.17, 15) is 22.8 Å². The highest BCUT2D eigenvalue weighted by Crippen LogP contribution is 2.32. The first-order valence-corrected chi connectivity index (χ1v) is 6.24. The molecule has 1 atom stereocenters. The number of carbonyl (C=O) groups is 2. The molecule has 2 amide bonds. The number of halogens is 3. The molecular formula is C13H11F3N2O2. The zero-order valence-electron chi connectivity index (χ0n) is 10.3. The summed E-state index contributed by atoms with van der Waals surface area (Å²) >= 11 is 0. The second kappa shape index (κ2) is 4.50. The smallest absolute Gasteiger partial charge is 0.252 e. The molecular weight excluding hydrogens is 273 g/mol. The number of nitrogens with one attached hydrogen (secondary N) is 1. The fraction of sp³-hybridized carbons (Fsp3) is 0.385. The van der Waals surface area contributed by atoms with Gasteiger partial charge in [0.1, 0.15) is 11.9 Å². The molecule has 20 heavy (non-hydrogen) atoms. The normalized spacial score (nSPS) is 22.6. The van der Waals surface area contributed by atoms with Crippen molar-refractivity contribution in [1.82, 2.24) is 4.90 Å². The van der Waals surface area contributed by atoms with Crippen molar-refractivity contribution in [2.45, 2.75) is 31.3 Å². The topological polar surface area (TPSA) is 49.4 Å². The largest absolute Gasteiger partial charge is 0.371 e. The van der Waals surface area contributed by atoms with E-state index in [0.717, 1.165) is 12.8 Å². The van der Waals surface area contributed by atoms with Crippen LogP contribution in [0.2, 0.25) is 0 Å². The SMILES string of the molecule is O=C1CC(Nc2cc(F)c(F)cc2F)C(=O)N1C1CC1. The van der Waals surface area contributed by atoms with Gasteiger partial charge in [-0.15, -0.1) is 0 Å². The van der Waals surface area contributed by atoms with Gasteiger partial charge >= 0.3 is 0 Å². The number of hydrogen-bond donors (Lipinski definition) is 1. The highest BCUT2D eigenvalue weighted by Gasteiger charge is 2.46. The molecule has 1 aliphatic carbocycles. The van der Waals surface area contributed by atoms with Gasteiger partial charge in [0, 0.05) is 18.2 Å². The third kappa shape index (κ3) is 2.13. The zero-order valence-corrected chi connectivity index (χ0v) is 10.3. The third-order valence-corrected chi connectivity index (χ3v) is 3.43. The van der Waals surface area contributed by atoms with Gasteiger partial charge in [0.15, 0.2) is 11.6 Å². The van der Waals surface area contributed by atoms with E-state index >= 15 is 0 Å². The minimum Gasteiger partial charge on any atom is -0.371 e. The summed E-state index contributed by atoms with van der Waals surface area (Å²) in [4.78, 5) is 24.9. The summed E-state index contributed by atoms with van der Waals surface area (Å²) in [6, 6.07) is 0.0545. The van der Waals surface area contributed by atoms with Crippen molar-refractivity contribution >= 4 is 17.5 Å². The predicted molar refractivity (Wildman–Crippen MR) is 63.2 cm³/mol. The number of anilines is 1. The van der Waals surface area contributed by atoms with Gasteiger partial charge in [-0.2, -0.15) is 0 Å². The Morgan fingerprint density at radius 3 is 2.35 bits per heavy atom. The van der Waals surface area contributed by atoms with E-state index in [1.165, 1.54) is 4.90 Å². The summed E-state index contributed by atoms with van der Waals surface area (Å²) in [5, 5.41) is 2.48. The first kappa shape index (κ1) is 13.0. The Balaban J connectivity index is 1.80. The molecule has 1 aliphatic heterocycles. The van der Waals surface area contributed by atoms with Crippen molar-refractivity contribution in [2.24, 2.45) is 0 Å². The number of hydrogen-bond acceptors (Lipinski definition) is 3. The number of imide groups is 1. The van der Waals surface area contributed by atoms with Gasteiger partial charge in [-0.3, -0.25) is 14.5 Å². The van der Waals surface area contributed by atoms with Gasteiger partial charge in [-0.05, 0) is 12.8 Å². The molecule has 1 saturated heterocycles. The van der Waals surface area contributed by atoms with Crippen LogP contribution >= 0.6 is 0 Å². The Bertz CT molecular complexity index is 602. The van der Waals surface area contributed by atoms with Crippen LogP contribution in [0.3, 0.4) is 0 Å². The highest BCUT2D eigenvalue weighted by molar-refractivity contribution is 6.07. The fourth-order valence-electron chi connectivity index (χ4n) is 2.30.